The van der Waals surface area contributed by atoms with Gasteiger partial charge in [-0.3, -0.25) is 0 Å². The second-order valence-corrected chi connectivity index (χ2v) is 9.27. The van der Waals surface area contributed by atoms with Crippen LogP contribution in [0.4, 0.5) is 0 Å². The van der Waals surface area contributed by atoms with Gasteiger partial charge in [0.05, 0.1) is 12.3 Å². The van der Waals surface area contributed by atoms with Crippen LogP contribution in [0, 0.1) is 12.8 Å². The number of H-pyrrole nitrogens is 1. The molecule has 0 bridgehead atoms. The van der Waals surface area contributed by atoms with Crippen molar-refractivity contribution < 1.29 is 4.74 Å². The van der Waals surface area contributed by atoms with Crippen molar-refractivity contribution in [1.82, 2.24) is 24.5 Å². The number of rotatable bonds is 5. The highest BCUT2D eigenvalue weighted by atomic mass is 16.5. The van der Waals surface area contributed by atoms with Crippen LogP contribution in [0.15, 0.2) is 36.8 Å². The van der Waals surface area contributed by atoms with Crippen molar-refractivity contribution in [1.29, 1.82) is 0 Å². The van der Waals surface area contributed by atoms with Gasteiger partial charge in [0.25, 0.3) is 0 Å². The van der Waals surface area contributed by atoms with Crippen LogP contribution in [-0.2, 0) is 0 Å². The Bertz CT molecular complexity index is 1210. The van der Waals surface area contributed by atoms with E-state index >= 15 is 0 Å². The quantitative estimate of drug-likeness (QED) is 0.495. The maximum atomic E-state index is 6.25. The highest BCUT2D eigenvalue weighted by Crippen LogP contribution is 2.37. The molecule has 0 atom stereocenters. The zero-order valence-corrected chi connectivity index (χ0v) is 18.9. The third-order valence-electron chi connectivity index (χ3n) is 6.56. The Balaban J connectivity index is 1.49. The maximum Gasteiger partial charge on any atom is 0.158 e. The number of aromatic nitrogens is 4. The first-order valence-corrected chi connectivity index (χ1v) is 11.3. The minimum absolute atomic E-state index is 0.375. The average Bonchev–Trinajstić information content (AvgIpc) is 3.37. The number of fused-ring (bicyclic) bond motifs is 2. The molecule has 1 N–H and O–H groups in total. The number of aromatic amines is 1. The summed E-state index contributed by atoms with van der Waals surface area (Å²) in [5.41, 5.74) is 6.75. The van der Waals surface area contributed by atoms with Crippen molar-refractivity contribution in [2.45, 2.75) is 39.5 Å². The Morgan fingerprint density at radius 3 is 2.77 bits per heavy atom. The molecule has 4 aromatic rings. The van der Waals surface area contributed by atoms with Crippen LogP contribution >= 0.6 is 0 Å². The van der Waals surface area contributed by atoms with E-state index < -0.39 is 0 Å². The Morgan fingerprint density at radius 2 is 2.00 bits per heavy atom. The van der Waals surface area contributed by atoms with E-state index in [-0.39, 0.29) is 0 Å². The largest absolute Gasteiger partial charge is 0.493 e. The average molecular weight is 418 g/mol. The molecule has 6 heteroatoms. The van der Waals surface area contributed by atoms with E-state index in [0.29, 0.717) is 11.8 Å². The normalized spacial score (nSPS) is 16.0. The van der Waals surface area contributed by atoms with Crippen LogP contribution in [0.1, 0.15) is 43.7 Å². The number of hydrogen-bond acceptors (Lipinski definition) is 4. The second-order valence-electron chi connectivity index (χ2n) is 9.27. The van der Waals surface area contributed by atoms with Crippen molar-refractivity contribution in [3.8, 4) is 17.0 Å². The van der Waals surface area contributed by atoms with E-state index in [1.165, 1.54) is 36.9 Å². The lowest BCUT2D eigenvalue weighted by Gasteiger charge is -2.28. The molecule has 1 aliphatic heterocycles. The lowest BCUT2D eigenvalue weighted by Crippen LogP contribution is -2.32. The molecule has 1 fully saturated rings. The van der Waals surface area contributed by atoms with Gasteiger partial charge in [-0.05, 0) is 87.1 Å². The fraction of sp³-hybridized carbons (Fsp3) is 0.440. The molecule has 1 aromatic carbocycles. The zero-order chi connectivity index (χ0) is 21.5. The third-order valence-corrected chi connectivity index (χ3v) is 6.56. The molecule has 3 aromatic heterocycles. The standard InChI is InChI=1S/C25H31N5O/c1-16(2)23-21-12-20(31-14-18-7-9-29(4)10-8-18)5-6-22(21)28-24(23)19-11-17(3)25-26-15-27-30(25)13-19/h5-6,11-13,15-16,18,28H,7-10,14H2,1-4H3. The van der Waals surface area contributed by atoms with Crippen LogP contribution < -0.4 is 4.74 Å². The zero-order valence-electron chi connectivity index (χ0n) is 18.9. The number of nitrogens with one attached hydrogen (secondary N) is 1. The number of pyridine rings is 1. The summed E-state index contributed by atoms with van der Waals surface area (Å²) >= 11 is 0. The fourth-order valence-corrected chi connectivity index (χ4v) is 4.78. The van der Waals surface area contributed by atoms with Crippen molar-refractivity contribution in [2.75, 3.05) is 26.7 Å². The lowest BCUT2D eigenvalue weighted by atomic mass is 9.96. The SMILES string of the molecule is Cc1cc(-c2[nH]c3ccc(OCC4CCN(C)CC4)cc3c2C(C)C)cn2ncnc12. The van der Waals surface area contributed by atoms with Crippen LogP contribution in [0.2, 0.25) is 0 Å². The van der Waals surface area contributed by atoms with Gasteiger partial charge < -0.3 is 14.6 Å². The van der Waals surface area contributed by atoms with Crippen LogP contribution in [-0.4, -0.2) is 51.2 Å². The minimum atomic E-state index is 0.375. The molecule has 0 amide bonds. The van der Waals surface area contributed by atoms with E-state index in [4.69, 9.17) is 4.74 Å². The number of aryl methyl sites for hydroxylation is 1. The van der Waals surface area contributed by atoms with Crippen molar-refractivity contribution in [2.24, 2.45) is 5.92 Å². The summed E-state index contributed by atoms with van der Waals surface area (Å²) in [5.74, 6) is 1.98. The monoisotopic (exact) mass is 417 g/mol. The molecule has 0 saturated carbocycles. The predicted octanol–water partition coefficient (Wildman–Crippen LogP) is 5.03. The Morgan fingerprint density at radius 1 is 1.19 bits per heavy atom. The smallest absolute Gasteiger partial charge is 0.158 e. The summed E-state index contributed by atoms with van der Waals surface area (Å²) < 4.78 is 8.11. The second kappa shape index (κ2) is 8.00. The van der Waals surface area contributed by atoms with Gasteiger partial charge in [0.1, 0.15) is 12.1 Å². The summed E-state index contributed by atoms with van der Waals surface area (Å²) in [7, 11) is 2.20. The van der Waals surface area contributed by atoms with E-state index in [9.17, 15) is 0 Å². The first kappa shape index (κ1) is 20.1. The Hall–Kier alpha value is -2.86. The van der Waals surface area contributed by atoms with Gasteiger partial charge >= 0.3 is 0 Å². The van der Waals surface area contributed by atoms with Gasteiger partial charge in [-0.15, -0.1) is 0 Å². The first-order valence-electron chi connectivity index (χ1n) is 11.3. The Kier molecular flexibility index (Phi) is 5.18. The molecule has 4 heterocycles. The molecule has 31 heavy (non-hydrogen) atoms. The molecule has 5 rings (SSSR count). The summed E-state index contributed by atoms with van der Waals surface area (Å²) in [4.78, 5) is 10.4. The van der Waals surface area contributed by atoms with Crippen molar-refractivity contribution >= 4 is 16.6 Å². The molecule has 1 saturated heterocycles. The van der Waals surface area contributed by atoms with E-state index in [1.54, 1.807) is 6.33 Å². The summed E-state index contributed by atoms with van der Waals surface area (Å²) in [5, 5.41) is 5.59. The molecule has 6 nitrogen and oxygen atoms in total. The van der Waals surface area contributed by atoms with Gasteiger partial charge in [-0.1, -0.05) is 13.8 Å². The topological polar surface area (TPSA) is 58.5 Å². The highest BCUT2D eigenvalue weighted by Gasteiger charge is 2.20. The summed E-state index contributed by atoms with van der Waals surface area (Å²) in [6.07, 6.45) is 6.10. The van der Waals surface area contributed by atoms with E-state index in [0.717, 1.165) is 40.3 Å². The van der Waals surface area contributed by atoms with Crippen molar-refractivity contribution in [3.63, 3.8) is 0 Å². The van der Waals surface area contributed by atoms with Crippen LogP contribution in [0.5, 0.6) is 5.75 Å². The fourth-order valence-electron chi connectivity index (χ4n) is 4.78. The first-order chi connectivity index (χ1) is 15.0. The number of piperidine rings is 1. The van der Waals surface area contributed by atoms with E-state index in [2.05, 4.69) is 78.2 Å². The molecular formula is C25H31N5O. The van der Waals surface area contributed by atoms with Crippen LogP contribution in [0.25, 0.3) is 27.8 Å². The number of nitrogens with zero attached hydrogens (tertiary/aromatic N) is 4. The number of likely N-dealkylation sites (tertiary alicyclic amines) is 1. The third kappa shape index (κ3) is 3.81. The molecule has 0 aliphatic carbocycles. The van der Waals surface area contributed by atoms with Crippen LogP contribution in [0.3, 0.4) is 0 Å². The maximum absolute atomic E-state index is 6.25. The molecule has 1 aliphatic rings. The minimum Gasteiger partial charge on any atom is -0.493 e. The Labute approximate surface area is 183 Å². The molecular weight excluding hydrogens is 386 g/mol. The number of benzene rings is 1. The predicted molar refractivity (Wildman–Crippen MR) is 125 cm³/mol. The molecule has 162 valence electrons. The number of ether oxygens (including phenoxy) is 1. The van der Waals surface area contributed by atoms with Gasteiger partial charge in [-0.25, -0.2) is 9.50 Å². The summed E-state index contributed by atoms with van der Waals surface area (Å²) in [6, 6.07) is 8.64. The molecule has 0 radical (unpaired) electrons. The molecule has 0 unspecified atom stereocenters. The van der Waals surface area contributed by atoms with Gasteiger partial charge in [0, 0.05) is 22.7 Å². The lowest BCUT2D eigenvalue weighted by molar-refractivity contribution is 0.160. The molecule has 0 spiro atoms. The van der Waals surface area contributed by atoms with Gasteiger partial charge in [0.2, 0.25) is 0 Å². The summed E-state index contributed by atoms with van der Waals surface area (Å²) in [6.45, 7) is 9.72. The highest BCUT2D eigenvalue weighted by molar-refractivity contribution is 5.92. The van der Waals surface area contributed by atoms with Crippen molar-refractivity contribution in [3.05, 3.63) is 47.9 Å². The van der Waals surface area contributed by atoms with E-state index in [1.807, 2.05) is 4.52 Å². The van der Waals surface area contributed by atoms with Gasteiger partial charge in [-0.2, -0.15) is 5.10 Å². The van der Waals surface area contributed by atoms with Gasteiger partial charge in [0.15, 0.2) is 5.65 Å². The number of hydrogen-bond donors (Lipinski definition) is 1.